The lowest BCUT2D eigenvalue weighted by molar-refractivity contribution is -0.137. The smallest absolute Gasteiger partial charge is 0.305 e. The number of rotatable bonds is 9. The Kier molecular flexibility index (Phi) is 6.26. The molecule has 0 radical (unpaired) electrons. The molecule has 0 spiro atoms. The summed E-state index contributed by atoms with van der Waals surface area (Å²) in [4.78, 5) is 24.2. The summed E-state index contributed by atoms with van der Waals surface area (Å²) in [5.41, 5.74) is 1.02. The van der Waals surface area contributed by atoms with E-state index in [1.54, 1.807) is 18.2 Å². The average molecular weight is 412 g/mol. The number of Topliss-reactive ketones (excluding diaryl/α,β-unsaturated/α-hetero) is 1. The van der Waals surface area contributed by atoms with Crippen molar-refractivity contribution in [3.05, 3.63) is 90.3 Å². The number of carboxylic acids is 1. The first kappa shape index (κ1) is 20.5. The predicted octanol–water partition coefficient (Wildman–Crippen LogP) is 2.54. The Labute approximate surface area is 168 Å². The molecule has 29 heavy (non-hydrogen) atoms. The molecule has 0 aliphatic rings. The highest BCUT2D eigenvalue weighted by atomic mass is 32.2. The lowest BCUT2D eigenvalue weighted by Gasteiger charge is -2.15. The van der Waals surface area contributed by atoms with Crippen molar-refractivity contribution in [3.63, 3.8) is 0 Å². The number of nitrogens with one attached hydrogen (secondary N) is 1. The van der Waals surface area contributed by atoms with Crippen LogP contribution in [0.5, 0.6) is 0 Å². The summed E-state index contributed by atoms with van der Waals surface area (Å²) in [6.07, 6.45) is 2.08. The van der Waals surface area contributed by atoms with Gasteiger partial charge in [0.25, 0.3) is 10.0 Å². The number of carboxylic acid groups (broad SMARTS) is 1. The highest BCUT2D eigenvalue weighted by molar-refractivity contribution is 7.90. The molecule has 0 amide bonds. The zero-order chi connectivity index (χ0) is 20.9. The van der Waals surface area contributed by atoms with E-state index >= 15 is 0 Å². The van der Waals surface area contributed by atoms with Gasteiger partial charge in [0.2, 0.25) is 0 Å². The zero-order valence-corrected chi connectivity index (χ0v) is 16.2. The number of ketones is 1. The largest absolute Gasteiger partial charge is 0.481 e. The fourth-order valence-electron chi connectivity index (χ4n) is 2.86. The van der Waals surface area contributed by atoms with Crippen molar-refractivity contribution in [2.24, 2.45) is 0 Å². The van der Waals surface area contributed by atoms with Gasteiger partial charge in [0, 0.05) is 24.5 Å². The number of carbonyl (C=O) groups is 2. The van der Waals surface area contributed by atoms with Crippen molar-refractivity contribution < 1.29 is 23.1 Å². The number of carbonyl (C=O) groups excluding carboxylic acids is 1. The lowest BCUT2D eigenvalue weighted by Crippen LogP contribution is -2.38. The molecule has 1 heterocycles. The van der Waals surface area contributed by atoms with E-state index < -0.39 is 34.2 Å². The van der Waals surface area contributed by atoms with Crippen molar-refractivity contribution in [1.82, 2.24) is 9.29 Å². The first-order chi connectivity index (χ1) is 13.9. The summed E-state index contributed by atoms with van der Waals surface area (Å²) >= 11 is 0. The van der Waals surface area contributed by atoms with E-state index in [1.807, 2.05) is 30.3 Å². The van der Waals surface area contributed by atoms with Gasteiger partial charge in [0.15, 0.2) is 5.78 Å². The predicted molar refractivity (Wildman–Crippen MR) is 107 cm³/mol. The molecule has 3 aromatic rings. The molecule has 0 saturated heterocycles. The van der Waals surface area contributed by atoms with Gasteiger partial charge in [-0.15, -0.1) is 0 Å². The number of hydrogen-bond donors (Lipinski definition) is 2. The number of aliphatic carboxylic acids is 1. The maximum atomic E-state index is 12.8. The molecule has 0 aliphatic heterocycles. The molecule has 150 valence electrons. The van der Waals surface area contributed by atoms with Gasteiger partial charge >= 0.3 is 5.97 Å². The summed E-state index contributed by atoms with van der Waals surface area (Å²) in [7, 11) is -3.83. The number of nitrogens with zero attached hydrogens (tertiary/aromatic N) is 1. The van der Waals surface area contributed by atoms with Crippen LogP contribution < -0.4 is 5.32 Å². The van der Waals surface area contributed by atoms with Crippen molar-refractivity contribution in [3.8, 4) is 0 Å². The minimum atomic E-state index is -3.83. The van der Waals surface area contributed by atoms with Crippen LogP contribution in [-0.4, -0.2) is 35.3 Å². The summed E-state index contributed by atoms with van der Waals surface area (Å²) in [6, 6.07) is 17.5. The van der Waals surface area contributed by atoms with Gasteiger partial charge in [-0.2, -0.15) is 0 Å². The van der Waals surface area contributed by atoms with Crippen LogP contribution in [0.25, 0.3) is 0 Å². The van der Waals surface area contributed by atoms with Gasteiger partial charge in [-0.25, -0.2) is 12.4 Å². The normalized spacial score (nSPS) is 12.4. The topological polar surface area (TPSA) is 105 Å². The second kappa shape index (κ2) is 8.85. The van der Waals surface area contributed by atoms with Crippen molar-refractivity contribution >= 4 is 21.8 Å². The van der Waals surface area contributed by atoms with E-state index in [1.165, 1.54) is 30.6 Å². The Morgan fingerprint density at radius 2 is 1.59 bits per heavy atom. The van der Waals surface area contributed by atoms with Gasteiger partial charge in [0.05, 0.1) is 17.4 Å². The fraction of sp³-hybridized carbons (Fsp3) is 0.143. The van der Waals surface area contributed by atoms with E-state index in [0.717, 1.165) is 9.54 Å². The zero-order valence-electron chi connectivity index (χ0n) is 15.4. The molecule has 1 atom stereocenters. The quantitative estimate of drug-likeness (QED) is 0.523. The molecule has 0 aliphatic carbocycles. The highest BCUT2D eigenvalue weighted by Crippen LogP contribution is 2.16. The second-order valence-corrected chi connectivity index (χ2v) is 8.27. The summed E-state index contributed by atoms with van der Waals surface area (Å²) in [5.74, 6) is -1.61. The van der Waals surface area contributed by atoms with Crippen LogP contribution in [0.4, 0.5) is 0 Å². The van der Waals surface area contributed by atoms with Crippen LogP contribution in [0.3, 0.4) is 0 Å². The van der Waals surface area contributed by atoms with Crippen LogP contribution in [0.1, 0.15) is 22.3 Å². The molecule has 7 nitrogen and oxygen atoms in total. The maximum Gasteiger partial charge on any atom is 0.305 e. The van der Waals surface area contributed by atoms with Crippen LogP contribution in [0, 0.1) is 0 Å². The molecule has 1 aromatic heterocycles. The van der Waals surface area contributed by atoms with E-state index in [2.05, 4.69) is 5.32 Å². The van der Waals surface area contributed by atoms with Gasteiger partial charge < -0.3 is 10.4 Å². The summed E-state index contributed by atoms with van der Waals surface area (Å²) in [5, 5.41) is 12.1. The Hall–Kier alpha value is -3.23. The van der Waals surface area contributed by atoms with Crippen LogP contribution in [-0.2, 0) is 21.4 Å². The first-order valence-electron chi connectivity index (χ1n) is 8.90. The minimum Gasteiger partial charge on any atom is -0.481 e. The maximum absolute atomic E-state index is 12.8. The Morgan fingerprint density at radius 1 is 0.966 bits per heavy atom. The molecule has 2 aromatic carbocycles. The van der Waals surface area contributed by atoms with Gasteiger partial charge in [-0.3, -0.25) is 9.59 Å². The third-order valence-electron chi connectivity index (χ3n) is 4.36. The standard InChI is InChI=1S/C21H20N2O5S/c24-20(25)13-19(22-14-16-7-3-1-4-8-16)21(26)17-11-12-23(15-17)29(27,28)18-9-5-2-6-10-18/h1-12,15,19,22H,13-14H2,(H,24,25). The van der Waals surface area contributed by atoms with Crippen molar-refractivity contribution in [1.29, 1.82) is 0 Å². The molecule has 2 N–H and O–H groups in total. The molecule has 8 heteroatoms. The fourth-order valence-corrected chi connectivity index (χ4v) is 4.07. The summed E-state index contributed by atoms with van der Waals surface area (Å²) in [6.45, 7) is 0.313. The first-order valence-corrected chi connectivity index (χ1v) is 10.3. The van der Waals surface area contributed by atoms with E-state index in [-0.39, 0.29) is 10.5 Å². The SMILES string of the molecule is O=C(O)CC(NCc1ccccc1)C(=O)c1ccn(S(=O)(=O)c2ccccc2)c1. The molecule has 3 rings (SSSR count). The number of aromatic nitrogens is 1. The molecular weight excluding hydrogens is 392 g/mol. The number of hydrogen-bond acceptors (Lipinski definition) is 5. The Morgan fingerprint density at radius 3 is 2.21 bits per heavy atom. The average Bonchev–Trinajstić information content (AvgIpc) is 3.23. The molecule has 0 fully saturated rings. The third kappa shape index (κ3) is 4.98. The van der Waals surface area contributed by atoms with E-state index in [0.29, 0.717) is 6.54 Å². The summed E-state index contributed by atoms with van der Waals surface area (Å²) < 4.78 is 26.3. The van der Waals surface area contributed by atoms with Crippen molar-refractivity contribution in [2.75, 3.05) is 0 Å². The molecule has 0 bridgehead atoms. The van der Waals surface area contributed by atoms with E-state index in [9.17, 15) is 18.0 Å². The highest BCUT2D eigenvalue weighted by Gasteiger charge is 2.25. The Balaban J connectivity index is 1.80. The minimum absolute atomic E-state index is 0.0962. The monoisotopic (exact) mass is 412 g/mol. The Bertz CT molecular complexity index is 1090. The lowest BCUT2D eigenvalue weighted by atomic mass is 10.0. The van der Waals surface area contributed by atoms with Crippen LogP contribution >= 0.6 is 0 Å². The molecular formula is C21H20N2O5S. The van der Waals surface area contributed by atoms with Gasteiger partial charge in [-0.05, 0) is 23.8 Å². The molecule has 0 saturated carbocycles. The number of benzene rings is 2. The van der Waals surface area contributed by atoms with Crippen LogP contribution in [0.2, 0.25) is 0 Å². The van der Waals surface area contributed by atoms with E-state index in [4.69, 9.17) is 5.11 Å². The van der Waals surface area contributed by atoms with Crippen molar-refractivity contribution in [2.45, 2.75) is 23.9 Å². The second-order valence-electron chi connectivity index (χ2n) is 6.43. The third-order valence-corrected chi connectivity index (χ3v) is 6.01. The van der Waals surface area contributed by atoms with Gasteiger partial charge in [0.1, 0.15) is 0 Å². The van der Waals surface area contributed by atoms with Gasteiger partial charge in [-0.1, -0.05) is 48.5 Å². The van der Waals surface area contributed by atoms with Crippen LogP contribution in [0.15, 0.2) is 84.0 Å². The molecule has 1 unspecified atom stereocenters.